The van der Waals surface area contributed by atoms with Crippen molar-refractivity contribution in [1.29, 1.82) is 0 Å². The number of aromatic amines is 2. The Bertz CT molecular complexity index is 2640. The minimum atomic E-state index is -0.413. The molecule has 0 saturated heterocycles. The van der Waals surface area contributed by atoms with Crippen LogP contribution >= 0.6 is 0 Å². The Labute approximate surface area is 416 Å². The Hall–Kier alpha value is -6.42. The van der Waals surface area contributed by atoms with Gasteiger partial charge < -0.3 is 9.97 Å². The SMILES string of the molecule is CC(C)c1cccc(C(C)C)c1N=CC(=O)c1ccc(-c2ccccc2)[nH]c1=O.CC(C)c1cccc(C(C)C)c1N=CC(=O)c1ccc(-c2ccccc2)[nH]c1=O.[CH2-]c1ccccc1.[Co].[Fe]. The van der Waals surface area contributed by atoms with E-state index in [1.54, 1.807) is 24.3 Å². The minimum Gasteiger partial charge on any atom is -0.321 e. The van der Waals surface area contributed by atoms with E-state index in [-0.39, 0.29) is 68.6 Å². The van der Waals surface area contributed by atoms with Gasteiger partial charge >= 0.3 is 0 Å². The second kappa shape index (κ2) is 26.7. The van der Waals surface area contributed by atoms with Crippen LogP contribution in [-0.4, -0.2) is 34.0 Å². The predicted octanol–water partition coefficient (Wildman–Crippen LogP) is 13.6. The van der Waals surface area contributed by atoms with Crippen LogP contribution < -0.4 is 11.1 Å². The average Bonchev–Trinajstić information content (AvgIpc) is 3.30. The molecule has 349 valence electrons. The van der Waals surface area contributed by atoms with Crippen molar-refractivity contribution in [2.75, 3.05) is 0 Å². The third-order valence-electron chi connectivity index (χ3n) is 10.7. The third-order valence-corrected chi connectivity index (χ3v) is 10.7. The maximum atomic E-state index is 12.7. The minimum absolute atomic E-state index is 0. The van der Waals surface area contributed by atoms with E-state index in [9.17, 15) is 19.2 Å². The summed E-state index contributed by atoms with van der Waals surface area (Å²) < 4.78 is 0. The van der Waals surface area contributed by atoms with Crippen LogP contribution in [0.1, 0.15) is 128 Å². The topological polar surface area (TPSA) is 125 Å². The number of hydrogen-bond donors (Lipinski definition) is 2. The van der Waals surface area contributed by atoms with Gasteiger partial charge in [0.25, 0.3) is 11.1 Å². The number of Topliss-reactive ketones (excluding diaryl/α,β-unsaturated/α-hetero) is 2. The van der Waals surface area contributed by atoms with Gasteiger partial charge in [-0.2, -0.15) is 24.6 Å². The summed E-state index contributed by atoms with van der Waals surface area (Å²) in [5.41, 5.74) is 9.57. The number of rotatable bonds is 12. The zero-order valence-corrected chi connectivity index (χ0v) is 41.5. The fourth-order valence-corrected chi connectivity index (χ4v) is 7.09. The smallest absolute Gasteiger partial charge is 0.259 e. The number of para-hydroxylation sites is 2. The summed E-state index contributed by atoms with van der Waals surface area (Å²) in [6, 6.07) is 47.8. The zero-order chi connectivity index (χ0) is 47.0. The largest absolute Gasteiger partial charge is 0.321 e. The summed E-state index contributed by atoms with van der Waals surface area (Å²) in [5.74, 6) is 0.321. The van der Waals surface area contributed by atoms with Crippen molar-refractivity contribution >= 4 is 35.4 Å². The third kappa shape index (κ3) is 15.3. The van der Waals surface area contributed by atoms with Crippen molar-refractivity contribution in [3.8, 4) is 22.5 Å². The molecule has 0 aliphatic rings. The first-order chi connectivity index (χ1) is 31.2. The van der Waals surface area contributed by atoms with Crippen molar-refractivity contribution in [3.05, 3.63) is 218 Å². The van der Waals surface area contributed by atoms with Gasteiger partial charge in [0.1, 0.15) is 0 Å². The molecule has 7 aromatic rings. The number of carbonyl (C=O) groups excluding carboxylic acids is 2. The Kier molecular flexibility index (Phi) is 21.8. The standard InChI is InChI=1S/2C25H26N2O2.C7H7.Co.Fe/c2*1-16(2)19-11-8-12-20(17(3)4)24(19)26-15-23(28)21-13-14-22(27-25(21)29)18-9-6-5-7-10-18;1-7-5-3-2-4-6-7;;/h2*5-17H,1-4H3,(H,27,29);2-6H,1H2;;/q;;-1;;. The molecule has 5 aromatic carbocycles. The molecule has 2 N–H and O–H groups in total. The molecule has 1 radical (unpaired) electrons. The first-order valence-electron chi connectivity index (χ1n) is 22.0. The van der Waals surface area contributed by atoms with Crippen LogP contribution in [-0.2, 0) is 33.8 Å². The number of nitrogens with one attached hydrogen (secondary N) is 2. The number of hydrogen-bond acceptors (Lipinski definition) is 6. The Morgan fingerprint density at radius 3 is 1.00 bits per heavy atom. The predicted molar refractivity (Wildman–Crippen MR) is 270 cm³/mol. The monoisotopic (exact) mass is 978 g/mol. The molecule has 2 heterocycles. The number of benzene rings is 5. The van der Waals surface area contributed by atoms with Gasteiger partial charge in [-0.3, -0.25) is 29.2 Å². The number of H-pyrrole nitrogens is 2. The molecule has 0 spiro atoms. The second-order valence-electron chi connectivity index (χ2n) is 16.9. The maximum Gasteiger partial charge on any atom is 0.259 e. The summed E-state index contributed by atoms with van der Waals surface area (Å²) in [6.07, 6.45) is 2.53. The molecule has 2 aromatic heterocycles. The van der Waals surface area contributed by atoms with Crippen molar-refractivity contribution in [2.45, 2.75) is 79.1 Å². The molecule has 10 heteroatoms. The van der Waals surface area contributed by atoms with Crippen LogP contribution in [0.4, 0.5) is 11.4 Å². The molecule has 8 nitrogen and oxygen atoms in total. The summed E-state index contributed by atoms with van der Waals surface area (Å²) in [4.78, 5) is 64.9. The summed E-state index contributed by atoms with van der Waals surface area (Å²) >= 11 is 0. The van der Waals surface area contributed by atoms with Gasteiger partial charge in [-0.25, -0.2) is 0 Å². The average molecular weight is 979 g/mol. The molecule has 0 fully saturated rings. The molecule has 0 bridgehead atoms. The molecule has 0 aliphatic heterocycles. The fraction of sp³-hybridized carbons (Fsp3) is 0.211. The van der Waals surface area contributed by atoms with Gasteiger partial charge in [0.15, 0.2) is 0 Å². The van der Waals surface area contributed by atoms with E-state index < -0.39 is 22.7 Å². The Morgan fingerprint density at radius 2 is 0.746 bits per heavy atom. The Balaban J connectivity index is 0.000000302. The van der Waals surface area contributed by atoms with Gasteiger partial charge in [-0.1, -0.05) is 159 Å². The zero-order valence-electron chi connectivity index (χ0n) is 39.3. The molecule has 0 aliphatic carbocycles. The number of carbonyl (C=O) groups is 2. The number of aliphatic imine (C=N–C) groups is 2. The van der Waals surface area contributed by atoms with Crippen LogP contribution in [0.3, 0.4) is 0 Å². The molecule has 7 rings (SSSR count). The van der Waals surface area contributed by atoms with Crippen LogP contribution in [0.2, 0.25) is 0 Å². The summed E-state index contributed by atoms with van der Waals surface area (Å²) in [7, 11) is 0. The van der Waals surface area contributed by atoms with Gasteiger partial charge in [-0.05, 0) is 81.3 Å². The van der Waals surface area contributed by atoms with Crippen molar-refractivity contribution in [2.24, 2.45) is 9.98 Å². The second-order valence-corrected chi connectivity index (χ2v) is 16.9. The molecule has 0 unspecified atom stereocenters. The van der Waals surface area contributed by atoms with Crippen molar-refractivity contribution in [3.63, 3.8) is 0 Å². The van der Waals surface area contributed by atoms with E-state index in [1.807, 2.05) is 127 Å². The first-order valence-corrected chi connectivity index (χ1v) is 22.0. The number of nitrogens with zero attached hydrogens (tertiary/aromatic N) is 2. The van der Waals surface area contributed by atoms with E-state index in [2.05, 4.69) is 82.3 Å². The van der Waals surface area contributed by atoms with E-state index >= 15 is 0 Å². The van der Waals surface area contributed by atoms with Crippen LogP contribution in [0.25, 0.3) is 22.5 Å². The molecule has 0 atom stereocenters. The molecule has 67 heavy (non-hydrogen) atoms. The molecule has 0 saturated carbocycles. The first kappa shape index (κ1) is 54.9. The van der Waals surface area contributed by atoms with E-state index in [0.717, 1.165) is 50.3 Å². The van der Waals surface area contributed by atoms with Crippen LogP contribution in [0, 0.1) is 6.92 Å². The van der Waals surface area contributed by atoms with Crippen molar-refractivity contribution < 1.29 is 43.4 Å². The number of aromatic nitrogens is 2. The summed E-state index contributed by atoms with van der Waals surface area (Å²) in [6.45, 7) is 20.6. The van der Waals surface area contributed by atoms with Gasteiger partial charge in [0.05, 0.1) is 34.9 Å². The summed E-state index contributed by atoms with van der Waals surface area (Å²) in [5, 5.41) is 0. The van der Waals surface area contributed by atoms with E-state index in [1.165, 1.54) is 12.4 Å². The number of ketones is 2. The van der Waals surface area contributed by atoms with Gasteiger partial charge in [0, 0.05) is 45.2 Å². The molecular formula is C57H59CoFeN4O4-. The van der Waals surface area contributed by atoms with Gasteiger partial charge in [-0.15, -0.1) is 12.1 Å². The normalized spacial score (nSPS) is 10.9. The quantitative estimate of drug-likeness (QED) is 0.0547. The number of pyridine rings is 2. The maximum absolute atomic E-state index is 12.7. The van der Waals surface area contributed by atoms with E-state index in [0.29, 0.717) is 11.4 Å². The molecule has 0 amide bonds. The van der Waals surface area contributed by atoms with Crippen LogP contribution in [0.5, 0.6) is 0 Å². The Morgan fingerprint density at radius 1 is 0.448 bits per heavy atom. The van der Waals surface area contributed by atoms with E-state index in [4.69, 9.17) is 0 Å². The molecular weight excluding hydrogens is 919 g/mol. The fourth-order valence-electron chi connectivity index (χ4n) is 7.09. The van der Waals surface area contributed by atoms with Crippen molar-refractivity contribution in [1.82, 2.24) is 9.97 Å². The van der Waals surface area contributed by atoms with Gasteiger partial charge in [0.2, 0.25) is 11.6 Å². The van der Waals surface area contributed by atoms with Crippen LogP contribution in [0.15, 0.2) is 171 Å².